The van der Waals surface area contributed by atoms with E-state index in [-0.39, 0.29) is 12.1 Å². The lowest BCUT2D eigenvalue weighted by Crippen LogP contribution is -2.52. The van der Waals surface area contributed by atoms with Crippen LogP contribution in [-0.4, -0.2) is 37.4 Å². The van der Waals surface area contributed by atoms with E-state index in [9.17, 15) is 4.79 Å². The molecule has 0 bridgehead atoms. The van der Waals surface area contributed by atoms with Crippen LogP contribution in [0.25, 0.3) is 0 Å². The van der Waals surface area contributed by atoms with Crippen molar-refractivity contribution in [3.63, 3.8) is 0 Å². The topological polar surface area (TPSA) is 47.6 Å². The highest BCUT2D eigenvalue weighted by atomic mass is 16.5. The van der Waals surface area contributed by atoms with Crippen LogP contribution in [0.15, 0.2) is 0 Å². The minimum absolute atomic E-state index is 0.135. The Hall–Kier alpha value is -0.610. The van der Waals surface area contributed by atoms with Crippen LogP contribution in [0.5, 0.6) is 0 Å². The lowest BCUT2D eigenvalue weighted by atomic mass is 9.94. The number of carbonyl (C=O) groups excluding carboxylic acids is 1. The summed E-state index contributed by atoms with van der Waals surface area (Å²) in [5, 5.41) is 3.38. The van der Waals surface area contributed by atoms with E-state index in [1.807, 2.05) is 13.8 Å². The molecule has 112 valence electrons. The minimum atomic E-state index is -0.572. The molecule has 0 aromatic rings. The van der Waals surface area contributed by atoms with Gasteiger partial charge < -0.3 is 9.47 Å². The SMILES string of the molecule is CCCCCC(C)(NCC1CCCO1)C(=O)OCC. The van der Waals surface area contributed by atoms with E-state index >= 15 is 0 Å². The van der Waals surface area contributed by atoms with Gasteiger partial charge in [0.25, 0.3) is 0 Å². The molecular formula is C15H29NO3. The van der Waals surface area contributed by atoms with Crippen molar-refractivity contribution in [2.75, 3.05) is 19.8 Å². The molecule has 1 saturated heterocycles. The molecule has 4 nitrogen and oxygen atoms in total. The fourth-order valence-corrected chi connectivity index (χ4v) is 2.43. The van der Waals surface area contributed by atoms with Gasteiger partial charge in [0.1, 0.15) is 5.54 Å². The van der Waals surface area contributed by atoms with E-state index in [1.54, 1.807) is 0 Å². The molecule has 0 aromatic heterocycles. The maximum Gasteiger partial charge on any atom is 0.326 e. The maximum absolute atomic E-state index is 12.1. The van der Waals surface area contributed by atoms with Crippen molar-refractivity contribution in [2.24, 2.45) is 0 Å². The Kier molecular flexibility index (Phi) is 7.39. The third kappa shape index (κ3) is 5.49. The van der Waals surface area contributed by atoms with Crippen LogP contribution in [0.2, 0.25) is 0 Å². The Labute approximate surface area is 117 Å². The minimum Gasteiger partial charge on any atom is -0.465 e. The van der Waals surface area contributed by atoms with Crippen LogP contribution in [-0.2, 0) is 14.3 Å². The Morgan fingerprint density at radius 1 is 1.42 bits per heavy atom. The molecule has 0 aromatic carbocycles. The van der Waals surface area contributed by atoms with E-state index in [2.05, 4.69) is 12.2 Å². The molecule has 0 amide bonds. The van der Waals surface area contributed by atoms with Gasteiger partial charge in [-0.25, -0.2) is 0 Å². The normalized spacial score (nSPS) is 22.2. The standard InChI is InChI=1S/C15H29NO3/c1-4-6-7-10-15(3,14(17)18-5-2)16-12-13-9-8-11-19-13/h13,16H,4-12H2,1-3H3. The van der Waals surface area contributed by atoms with Crippen molar-refractivity contribution in [1.82, 2.24) is 5.32 Å². The van der Waals surface area contributed by atoms with E-state index in [0.717, 1.165) is 51.7 Å². The third-order valence-corrected chi connectivity index (χ3v) is 3.75. The Morgan fingerprint density at radius 2 is 2.21 bits per heavy atom. The van der Waals surface area contributed by atoms with Crippen LogP contribution in [0.4, 0.5) is 0 Å². The first-order valence-corrected chi connectivity index (χ1v) is 7.66. The molecule has 1 fully saturated rings. The fraction of sp³-hybridized carbons (Fsp3) is 0.933. The zero-order valence-electron chi connectivity index (χ0n) is 12.7. The second-order valence-electron chi connectivity index (χ2n) is 5.53. The summed E-state index contributed by atoms with van der Waals surface area (Å²) < 4.78 is 10.8. The molecule has 0 spiro atoms. The first kappa shape index (κ1) is 16.4. The van der Waals surface area contributed by atoms with E-state index in [1.165, 1.54) is 0 Å². The third-order valence-electron chi connectivity index (χ3n) is 3.75. The van der Waals surface area contributed by atoms with Crippen molar-refractivity contribution in [3.8, 4) is 0 Å². The number of nitrogens with one attached hydrogen (secondary N) is 1. The van der Waals surface area contributed by atoms with Gasteiger partial charge in [-0.05, 0) is 33.1 Å². The second-order valence-corrected chi connectivity index (χ2v) is 5.53. The molecule has 0 aliphatic carbocycles. The monoisotopic (exact) mass is 271 g/mol. The highest BCUT2D eigenvalue weighted by Gasteiger charge is 2.34. The predicted octanol–water partition coefficient (Wildman–Crippen LogP) is 2.66. The lowest BCUT2D eigenvalue weighted by Gasteiger charge is -2.29. The zero-order valence-corrected chi connectivity index (χ0v) is 12.7. The summed E-state index contributed by atoms with van der Waals surface area (Å²) in [5.74, 6) is -0.135. The van der Waals surface area contributed by atoms with Crippen LogP contribution >= 0.6 is 0 Å². The molecule has 0 saturated carbocycles. The molecule has 0 radical (unpaired) electrons. The summed E-state index contributed by atoms with van der Waals surface area (Å²) in [6.07, 6.45) is 6.64. The molecule has 2 atom stereocenters. The first-order valence-electron chi connectivity index (χ1n) is 7.66. The van der Waals surface area contributed by atoms with Crippen molar-refractivity contribution < 1.29 is 14.3 Å². The zero-order chi connectivity index (χ0) is 14.1. The molecule has 1 heterocycles. The van der Waals surface area contributed by atoms with Crippen LogP contribution in [0.1, 0.15) is 59.3 Å². The van der Waals surface area contributed by atoms with Gasteiger partial charge in [0.2, 0.25) is 0 Å². The van der Waals surface area contributed by atoms with Crippen LogP contribution < -0.4 is 5.32 Å². The van der Waals surface area contributed by atoms with Gasteiger partial charge in [-0.15, -0.1) is 0 Å². The van der Waals surface area contributed by atoms with Gasteiger partial charge in [-0.3, -0.25) is 10.1 Å². The van der Waals surface area contributed by atoms with Gasteiger partial charge in [-0.1, -0.05) is 26.2 Å². The molecular weight excluding hydrogens is 242 g/mol. The summed E-state index contributed by atoms with van der Waals surface area (Å²) in [6.45, 7) is 7.99. The Morgan fingerprint density at radius 3 is 2.79 bits per heavy atom. The summed E-state index contributed by atoms with van der Waals surface area (Å²) in [5.41, 5.74) is -0.572. The predicted molar refractivity (Wildman–Crippen MR) is 76.2 cm³/mol. The molecule has 19 heavy (non-hydrogen) atoms. The number of ether oxygens (including phenoxy) is 2. The van der Waals surface area contributed by atoms with Gasteiger partial charge in [0.05, 0.1) is 12.7 Å². The summed E-state index contributed by atoms with van der Waals surface area (Å²) in [4.78, 5) is 12.1. The van der Waals surface area contributed by atoms with E-state index in [4.69, 9.17) is 9.47 Å². The largest absolute Gasteiger partial charge is 0.465 e. The number of rotatable bonds is 9. The number of esters is 1. The van der Waals surface area contributed by atoms with Crippen LogP contribution in [0.3, 0.4) is 0 Å². The summed E-state index contributed by atoms with van der Waals surface area (Å²) in [6, 6.07) is 0. The lowest BCUT2D eigenvalue weighted by molar-refractivity contribution is -0.151. The fourth-order valence-electron chi connectivity index (χ4n) is 2.43. The van der Waals surface area contributed by atoms with Gasteiger partial charge in [0.15, 0.2) is 0 Å². The van der Waals surface area contributed by atoms with Crippen molar-refractivity contribution in [1.29, 1.82) is 0 Å². The number of hydrogen-bond donors (Lipinski definition) is 1. The molecule has 2 unspecified atom stereocenters. The quantitative estimate of drug-likeness (QED) is 0.517. The highest BCUT2D eigenvalue weighted by Crippen LogP contribution is 2.19. The Balaban J connectivity index is 2.48. The van der Waals surface area contributed by atoms with Gasteiger partial charge in [0, 0.05) is 13.2 Å². The van der Waals surface area contributed by atoms with Gasteiger partial charge >= 0.3 is 5.97 Å². The van der Waals surface area contributed by atoms with Gasteiger partial charge in [-0.2, -0.15) is 0 Å². The molecule has 1 N–H and O–H groups in total. The summed E-state index contributed by atoms with van der Waals surface area (Å²) >= 11 is 0. The Bertz CT molecular complexity index is 264. The number of hydrogen-bond acceptors (Lipinski definition) is 4. The van der Waals surface area contributed by atoms with E-state index < -0.39 is 5.54 Å². The highest BCUT2D eigenvalue weighted by molar-refractivity contribution is 5.80. The molecule has 1 rings (SSSR count). The average Bonchev–Trinajstić information content (AvgIpc) is 2.90. The molecule has 4 heteroatoms. The first-order chi connectivity index (χ1) is 9.12. The van der Waals surface area contributed by atoms with Crippen molar-refractivity contribution in [2.45, 2.75) is 70.9 Å². The smallest absolute Gasteiger partial charge is 0.326 e. The van der Waals surface area contributed by atoms with Crippen molar-refractivity contribution in [3.05, 3.63) is 0 Å². The number of unbranched alkanes of at least 4 members (excludes halogenated alkanes) is 2. The second kappa shape index (κ2) is 8.54. The molecule has 1 aliphatic rings. The van der Waals surface area contributed by atoms with Crippen molar-refractivity contribution >= 4 is 5.97 Å². The summed E-state index contributed by atoms with van der Waals surface area (Å²) in [7, 11) is 0. The average molecular weight is 271 g/mol. The van der Waals surface area contributed by atoms with Crippen LogP contribution in [0, 0.1) is 0 Å². The maximum atomic E-state index is 12.1. The molecule has 1 aliphatic heterocycles. The number of carbonyl (C=O) groups is 1. The van der Waals surface area contributed by atoms with E-state index in [0.29, 0.717) is 6.61 Å².